The van der Waals surface area contributed by atoms with E-state index in [1.54, 1.807) is 16.8 Å². The van der Waals surface area contributed by atoms with Gasteiger partial charge in [-0.3, -0.25) is 4.72 Å². The normalized spacial score (nSPS) is 15.9. The average molecular weight is 322 g/mol. The summed E-state index contributed by atoms with van der Waals surface area (Å²) in [6, 6.07) is 9.24. The van der Waals surface area contributed by atoms with Crippen LogP contribution < -0.4 is 9.62 Å². The molecule has 0 amide bonds. The molecule has 0 unspecified atom stereocenters. The second-order valence-electron chi connectivity index (χ2n) is 5.13. The Hall–Kier alpha value is -1.53. The van der Waals surface area contributed by atoms with E-state index in [-0.39, 0.29) is 0 Å². The summed E-state index contributed by atoms with van der Waals surface area (Å²) in [6.45, 7) is 1.97. The Kier molecular flexibility index (Phi) is 4.17. The number of hydrogen-bond donors (Lipinski definition) is 1. The van der Waals surface area contributed by atoms with E-state index < -0.39 is 10.0 Å². The minimum Gasteiger partial charge on any atom is -0.370 e. The third-order valence-corrected chi connectivity index (χ3v) is 5.85. The Morgan fingerprint density at radius 2 is 1.81 bits per heavy atom. The van der Waals surface area contributed by atoms with Gasteiger partial charge in [0, 0.05) is 18.5 Å². The zero-order valence-corrected chi connectivity index (χ0v) is 13.3. The number of nitrogens with zero attached hydrogens (tertiary/aromatic N) is 1. The highest BCUT2D eigenvalue weighted by Crippen LogP contribution is 2.30. The minimum absolute atomic E-state index is 0.320. The van der Waals surface area contributed by atoms with Crippen molar-refractivity contribution in [2.75, 3.05) is 22.7 Å². The van der Waals surface area contributed by atoms with Gasteiger partial charge < -0.3 is 4.90 Å². The van der Waals surface area contributed by atoms with Gasteiger partial charge in [0.1, 0.15) is 0 Å². The highest BCUT2D eigenvalue weighted by atomic mass is 32.2. The summed E-state index contributed by atoms with van der Waals surface area (Å²) in [4.78, 5) is 2.58. The maximum atomic E-state index is 12.4. The summed E-state index contributed by atoms with van der Waals surface area (Å²) < 4.78 is 27.5. The van der Waals surface area contributed by atoms with Crippen molar-refractivity contribution in [1.82, 2.24) is 0 Å². The first-order valence-electron chi connectivity index (χ1n) is 7.06. The number of thiophene rings is 1. The smallest absolute Gasteiger partial charge is 0.262 e. The van der Waals surface area contributed by atoms with E-state index in [9.17, 15) is 8.42 Å². The molecule has 112 valence electrons. The van der Waals surface area contributed by atoms with Crippen LogP contribution in [0.3, 0.4) is 0 Å². The molecular weight excluding hydrogens is 304 g/mol. The number of piperidine rings is 1. The molecule has 0 radical (unpaired) electrons. The Morgan fingerprint density at radius 1 is 1.05 bits per heavy atom. The number of hydrogen-bond acceptors (Lipinski definition) is 4. The topological polar surface area (TPSA) is 49.4 Å². The Bertz CT molecular complexity index is 690. The van der Waals surface area contributed by atoms with Gasteiger partial charge in [-0.25, -0.2) is 8.42 Å². The molecule has 2 heterocycles. The van der Waals surface area contributed by atoms with Crippen LogP contribution in [0.2, 0.25) is 0 Å². The third kappa shape index (κ3) is 3.22. The predicted octanol–water partition coefficient (Wildman–Crippen LogP) is 3.54. The lowest BCUT2D eigenvalue weighted by atomic mass is 10.1. The van der Waals surface area contributed by atoms with Crippen molar-refractivity contribution >= 4 is 32.7 Å². The van der Waals surface area contributed by atoms with Crippen LogP contribution in [0, 0.1) is 0 Å². The average Bonchev–Trinajstić information content (AvgIpc) is 3.03. The quantitative estimate of drug-likeness (QED) is 0.936. The van der Waals surface area contributed by atoms with Crippen LogP contribution in [0.15, 0.2) is 46.0 Å². The second kappa shape index (κ2) is 6.07. The minimum atomic E-state index is -3.50. The van der Waals surface area contributed by atoms with Gasteiger partial charge in [0.25, 0.3) is 10.0 Å². The van der Waals surface area contributed by atoms with Crippen LogP contribution in [-0.2, 0) is 10.0 Å². The molecule has 1 aromatic heterocycles. The molecule has 1 aliphatic heterocycles. The Labute approximate surface area is 129 Å². The fraction of sp³-hybridized carbons (Fsp3) is 0.333. The van der Waals surface area contributed by atoms with Crippen molar-refractivity contribution in [3.05, 3.63) is 41.1 Å². The van der Waals surface area contributed by atoms with Crippen molar-refractivity contribution < 1.29 is 8.42 Å². The molecule has 2 aromatic rings. The van der Waals surface area contributed by atoms with Crippen molar-refractivity contribution in [3.8, 4) is 0 Å². The van der Waals surface area contributed by atoms with E-state index in [0.29, 0.717) is 10.6 Å². The standard InChI is InChI=1S/C15H18N2O2S2/c18-21(19,13-8-11-20-12-13)16-14-6-2-3-7-15(14)17-9-4-1-5-10-17/h2-3,6-8,11-12,16H,1,4-5,9-10H2. The SMILES string of the molecule is O=S(=O)(Nc1ccccc1N1CCCCC1)c1ccsc1. The molecule has 0 bridgehead atoms. The van der Waals surface area contributed by atoms with E-state index in [2.05, 4.69) is 9.62 Å². The summed E-state index contributed by atoms with van der Waals surface area (Å²) in [6.07, 6.45) is 3.57. The number of benzene rings is 1. The van der Waals surface area contributed by atoms with E-state index in [0.717, 1.165) is 31.6 Å². The van der Waals surface area contributed by atoms with E-state index >= 15 is 0 Å². The molecule has 21 heavy (non-hydrogen) atoms. The zero-order chi connectivity index (χ0) is 14.7. The van der Waals surface area contributed by atoms with Crippen LogP contribution in [-0.4, -0.2) is 21.5 Å². The van der Waals surface area contributed by atoms with Gasteiger partial charge in [0.2, 0.25) is 0 Å². The van der Waals surface area contributed by atoms with Crippen LogP contribution in [0.4, 0.5) is 11.4 Å². The summed E-state index contributed by atoms with van der Waals surface area (Å²) in [5, 5.41) is 3.41. The lowest BCUT2D eigenvalue weighted by Crippen LogP contribution is -2.30. The molecule has 1 aliphatic rings. The van der Waals surface area contributed by atoms with Crippen LogP contribution in [0.1, 0.15) is 19.3 Å². The van der Waals surface area contributed by atoms with Gasteiger partial charge in [0.05, 0.1) is 16.3 Å². The predicted molar refractivity (Wildman–Crippen MR) is 87.6 cm³/mol. The molecule has 0 saturated carbocycles. The van der Waals surface area contributed by atoms with Crippen molar-refractivity contribution in [3.63, 3.8) is 0 Å². The number of rotatable bonds is 4. The third-order valence-electron chi connectivity index (χ3n) is 3.65. The van der Waals surface area contributed by atoms with Crippen molar-refractivity contribution in [2.24, 2.45) is 0 Å². The molecular formula is C15H18N2O2S2. The second-order valence-corrected chi connectivity index (χ2v) is 7.59. The van der Waals surface area contributed by atoms with Crippen LogP contribution in [0.25, 0.3) is 0 Å². The maximum Gasteiger partial charge on any atom is 0.262 e. The van der Waals surface area contributed by atoms with Gasteiger partial charge in [0.15, 0.2) is 0 Å². The molecule has 1 fully saturated rings. The van der Waals surface area contributed by atoms with E-state index in [1.165, 1.54) is 17.8 Å². The van der Waals surface area contributed by atoms with Crippen molar-refractivity contribution in [1.29, 1.82) is 0 Å². The Balaban J connectivity index is 1.89. The first-order chi connectivity index (χ1) is 10.2. The molecule has 1 aromatic carbocycles. The molecule has 0 spiro atoms. The zero-order valence-electron chi connectivity index (χ0n) is 11.7. The van der Waals surface area contributed by atoms with Crippen LogP contribution >= 0.6 is 11.3 Å². The number of para-hydroxylation sites is 2. The number of sulfonamides is 1. The lowest BCUT2D eigenvalue weighted by molar-refractivity contribution is 0.578. The van der Waals surface area contributed by atoms with Crippen LogP contribution in [0.5, 0.6) is 0 Å². The molecule has 3 rings (SSSR count). The van der Waals surface area contributed by atoms with Gasteiger partial charge in [-0.1, -0.05) is 12.1 Å². The lowest BCUT2D eigenvalue weighted by Gasteiger charge is -2.30. The van der Waals surface area contributed by atoms with Gasteiger partial charge in [-0.2, -0.15) is 11.3 Å². The van der Waals surface area contributed by atoms with E-state index in [1.807, 2.05) is 24.3 Å². The highest BCUT2D eigenvalue weighted by Gasteiger charge is 2.19. The molecule has 0 atom stereocenters. The maximum absolute atomic E-state index is 12.4. The molecule has 4 nitrogen and oxygen atoms in total. The molecule has 6 heteroatoms. The molecule has 1 N–H and O–H groups in total. The highest BCUT2D eigenvalue weighted by molar-refractivity contribution is 7.92. The van der Waals surface area contributed by atoms with Gasteiger partial charge in [-0.05, 0) is 42.8 Å². The van der Waals surface area contributed by atoms with Gasteiger partial charge in [-0.15, -0.1) is 0 Å². The Morgan fingerprint density at radius 3 is 2.52 bits per heavy atom. The number of anilines is 2. The summed E-state index contributed by atoms with van der Waals surface area (Å²) >= 11 is 1.38. The first kappa shape index (κ1) is 14.4. The molecule has 1 saturated heterocycles. The first-order valence-corrected chi connectivity index (χ1v) is 9.48. The fourth-order valence-electron chi connectivity index (χ4n) is 2.58. The van der Waals surface area contributed by atoms with Gasteiger partial charge >= 0.3 is 0 Å². The molecule has 0 aliphatic carbocycles. The summed E-state index contributed by atoms with van der Waals surface area (Å²) in [5.74, 6) is 0. The monoisotopic (exact) mass is 322 g/mol. The summed E-state index contributed by atoms with van der Waals surface area (Å²) in [5.41, 5.74) is 1.63. The summed E-state index contributed by atoms with van der Waals surface area (Å²) in [7, 11) is -3.50. The fourth-order valence-corrected chi connectivity index (χ4v) is 4.68. The largest absolute Gasteiger partial charge is 0.370 e. The van der Waals surface area contributed by atoms with E-state index in [4.69, 9.17) is 0 Å². The number of nitrogens with one attached hydrogen (secondary N) is 1. The van der Waals surface area contributed by atoms with Crippen molar-refractivity contribution in [2.45, 2.75) is 24.2 Å².